The molecule has 2 amide bonds. The Labute approximate surface area is 137 Å². The van der Waals surface area contributed by atoms with Gasteiger partial charge < -0.3 is 19.7 Å². The van der Waals surface area contributed by atoms with E-state index in [0.29, 0.717) is 45.3 Å². The molecule has 0 bridgehead atoms. The third-order valence-electron chi connectivity index (χ3n) is 5.22. The smallest absolute Gasteiger partial charge is 0.239 e. The van der Waals surface area contributed by atoms with Crippen LogP contribution < -0.4 is 5.32 Å². The van der Waals surface area contributed by atoms with Crippen molar-refractivity contribution in [1.82, 2.24) is 15.1 Å². The normalized spacial score (nSPS) is 32.5. The average molecular weight is 325 g/mol. The van der Waals surface area contributed by atoms with Gasteiger partial charge in [0.15, 0.2) is 0 Å². The van der Waals surface area contributed by atoms with Crippen LogP contribution in [0.25, 0.3) is 0 Å². The molecule has 3 aliphatic rings. The van der Waals surface area contributed by atoms with E-state index in [4.69, 9.17) is 9.47 Å². The highest BCUT2D eigenvalue weighted by molar-refractivity contribution is 5.83. The van der Waals surface area contributed by atoms with Crippen LogP contribution in [0.15, 0.2) is 0 Å². The summed E-state index contributed by atoms with van der Waals surface area (Å²) in [6.45, 7) is 5.48. The van der Waals surface area contributed by atoms with E-state index in [1.165, 1.54) is 0 Å². The number of likely N-dealkylation sites (N-methyl/N-ethyl adjacent to an activating group) is 1. The molecule has 23 heavy (non-hydrogen) atoms. The van der Waals surface area contributed by atoms with Gasteiger partial charge in [-0.1, -0.05) is 6.92 Å². The van der Waals surface area contributed by atoms with Crippen LogP contribution in [0.1, 0.15) is 13.3 Å². The van der Waals surface area contributed by atoms with Crippen LogP contribution in [-0.2, 0) is 19.1 Å². The van der Waals surface area contributed by atoms with Crippen molar-refractivity contribution in [3.05, 3.63) is 0 Å². The van der Waals surface area contributed by atoms with Crippen LogP contribution in [0.4, 0.5) is 0 Å². The first-order valence-electron chi connectivity index (χ1n) is 8.35. The second-order valence-electron chi connectivity index (χ2n) is 7.22. The van der Waals surface area contributed by atoms with Crippen molar-refractivity contribution in [1.29, 1.82) is 0 Å². The van der Waals surface area contributed by atoms with Gasteiger partial charge in [0.2, 0.25) is 11.8 Å². The predicted octanol–water partition coefficient (Wildman–Crippen LogP) is -0.683. The van der Waals surface area contributed by atoms with Gasteiger partial charge in [0, 0.05) is 26.1 Å². The molecule has 1 aliphatic carbocycles. The molecule has 0 unspecified atom stereocenters. The zero-order valence-electron chi connectivity index (χ0n) is 14.2. The average Bonchev–Trinajstić information content (AvgIpc) is 3.21. The Morgan fingerprint density at radius 3 is 2.61 bits per heavy atom. The molecule has 0 aromatic rings. The molecule has 3 fully saturated rings. The lowest BCUT2D eigenvalue weighted by molar-refractivity contribution is -0.201. The Bertz CT molecular complexity index is 478. The number of nitrogens with one attached hydrogen (secondary N) is 1. The highest BCUT2D eigenvalue weighted by atomic mass is 16.5. The molecule has 1 N–H and O–H groups in total. The monoisotopic (exact) mass is 325 g/mol. The summed E-state index contributed by atoms with van der Waals surface area (Å²) >= 11 is 0. The van der Waals surface area contributed by atoms with Gasteiger partial charge in [0.05, 0.1) is 26.3 Å². The van der Waals surface area contributed by atoms with Gasteiger partial charge in [0.1, 0.15) is 11.6 Å². The topological polar surface area (TPSA) is 71.1 Å². The lowest BCUT2D eigenvalue weighted by Crippen LogP contribution is -2.73. The summed E-state index contributed by atoms with van der Waals surface area (Å²) in [6, 6.07) is -0.273. The molecule has 3 atom stereocenters. The summed E-state index contributed by atoms with van der Waals surface area (Å²) in [4.78, 5) is 28.3. The molecule has 1 spiro atoms. The van der Waals surface area contributed by atoms with Crippen molar-refractivity contribution in [2.75, 3.05) is 53.6 Å². The van der Waals surface area contributed by atoms with Crippen LogP contribution >= 0.6 is 0 Å². The number of ether oxygens (including phenoxy) is 2. The fourth-order valence-electron chi connectivity index (χ4n) is 3.56. The molecular weight excluding hydrogens is 298 g/mol. The van der Waals surface area contributed by atoms with Crippen LogP contribution in [0.3, 0.4) is 0 Å². The SMILES string of the molecule is COCCNC(=O)[C@@H]1COC2(CN(C(=O)[C@H]3C[C@H]3C)C2)CN1C. The van der Waals surface area contributed by atoms with Gasteiger partial charge >= 0.3 is 0 Å². The Morgan fingerprint density at radius 1 is 1.35 bits per heavy atom. The number of carbonyl (C=O) groups excluding carboxylic acids is 2. The van der Waals surface area contributed by atoms with E-state index in [1.54, 1.807) is 7.11 Å². The van der Waals surface area contributed by atoms with E-state index >= 15 is 0 Å². The molecule has 0 aromatic carbocycles. The second kappa shape index (κ2) is 6.37. The minimum absolute atomic E-state index is 0.0292. The van der Waals surface area contributed by atoms with Crippen LogP contribution in [-0.4, -0.2) is 86.8 Å². The van der Waals surface area contributed by atoms with E-state index in [0.717, 1.165) is 6.42 Å². The lowest BCUT2D eigenvalue weighted by Gasteiger charge is -2.54. The fourth-order valence-corrected chi connectivity index (χ4v) is 3.56. The maximum Gasteiger partial charge on any atom is 0.239 e. The van der Waals surface area contributed by atoms with Gasteiger partial charge in [-0.15, -0.1) is 0 Å². The van der Waals surface area contributed by atoms with Crippen LogP contribution in [0, 0.1) is 11.8 Å². The maximum absolute atomic E-state index is 12.2. The zero-order chi connectivity index (χ0) is 16.6. The van der Waals surface area contributed by atoms with Gasteiger partial charge in [-0.3, -0.25) is 14.5 Å². The number of carbonyl (C=O) groups is 2. The first-order valence-corrected chi connectivity index (χ1v) is 8.35. The Hall–Kier alpha value is -1.18. The first-order chi connectivity index (χ1) is 11.0. The van der Waals surface area contributed by atoms with E-state index < -0.39 is 0 Å². The number of amides is 2. The van der Waals surface area contributed by atoms with Crippen molar-refractivity contribution in [3.8, 4) is 0 Å². The van der Waals surface area contributed by atoms with E-state index in [9.17, 15) is 9.59 Å². The van der Waals surface area contributed by atoms with Gasteiger partial charge in [-0.2, -0.15) is 0 Å². The summed E-state index contributed by atoms with van der Waals surface area (Å²) < 4.78 is 10.9. The van der Waals surface area contributed by atoms with Gasteiger partial charge in [-0.25, -0.2) is 0 Å². The molecule has 3 rings (SSSR count). The summed E-state index contributed by atoms with van der Waals surface area (Å²) in [5.74, 6) is 1.01. The summed E-state index contributed by atoms with van der Waals surface area (Å²) in [7, 11) is 3.55. The third kappa shape index (κ3) is 3.36. The number of hydrogen-bond donors (Lipinski definition) is 1. The molecule has 1 saturated carbocycles. The standard InChI is InChI=1S/C16H27N3O4/c1-11-6-12(11)15(21)19-9-16(10-19)8-18(2)13(7-23-16)14(20)17-4-5-22-3/h11-13H,4-10H2,1-3H3,(H,17,20)/t11-,12+,13+/m1/s1. The maximum atomic E-state index is 12.2. The van der Waals surface area contributed by atoms with Crippen molar-refractivity contribution in [2.24, 2.45) is 11.8 Å². The Morgan fingerprint density at radius 2 is 2.04 bits per heavy atom. The molecule has 2 aliphatic heterocycles. The molecular formula is C16H27N3O4. The number of methoxy groups -OCH3 is 1. The number of morpholine rings is 1. The quantitative estimate of drug-likeness (QED) is 0.678. The van der Waals surface area contributed by atoms with E-state index in [1.807, 2.05) is 16.8 Å². The summed E-state index contributed by atoms with van der Waals surface area (Å²) in [6.07, 6.45) is 1.02. The van der Waals surface area contributed by atoms with Crippen molar-refractivity contribution in [2.45, 2.75) is 25.0 Å². The first kappa shape index (κ1) is 16.7. The van der Waals surface area contributed by atoms with Crippen molar-refractivity contribution in [3.63, 3.8) is 0 Å². The minimum Gasteiger partial charge on any atom is -0.383 e. The van der Waals surface area contributed by atoms with E-state index in [-0.39, 0.29) is 29.4 Å². The number of rotatable bonds is 5. The highest BCUT2D eigenvalue weighted by Crippen LogP contribution is 2.42. The number of hydrogen-bond acceptors (Lipinski definition) is 5. The molecule has 0 radical (unpaired) electrons. The molecule has 7 nitrogen and oxygen atoms in total. The number of likely N-dealkylation sites (tertiary alicyclic amines) is 1. The van der Waals surface area contributed by atoms with Crippen LogP contribution in [0.2, 0.25) is 0 Å². The molecule has 2 heterocycles. The molecule has 0 aromatic heterocycles. The second-order valence-corrected chi connectivity index (χ2v) is 7.22. The predicted molar refractivity (Wildman–Crippen MR) is 83.8 cm³/mol. The highest BCUT2D eigenvalue weighted by Gasteiger charge is 2.54. The zero-order valence-corrected chi connectivity index (χ0v) is 14.2. The molecule has 7 heteroatoms. The summed E-state index contributed by atoms with van der Waals surface area (Å²) in [5, 5.41) is 2.85. The van der Waals surface area contributed by atoms with Gasteiger partial charge in [-0.05, 0) is 19.4 Å². The molecule has 130 valence electrons. The lowest BCUT2D eigenvalue weighted by atomic mass is 9.90. The van der Waals surface area contributed by atoms with Crippen LogP contribution in [0.5, 0.6) is 0 Å². The Balaban J connectivity index is 1.46. The molecule has 2 saturated heterocycles. The van der Waals surface area contributed by atoms with Gasteiger partial charge in [0.25, 0.3) is 0 Å². The largest absolute Gasteiger partial charge is 0.383 e. The third-order valence-corrected chi connectivity index (χ3v) is 5.22. The number of nitrogens with zero attached hydrogens (tertiary/aromatic N) is 2. The van der Waals surface area contributed by atoms with Crippen molar-refractivity contribution >= 4 is 11.8 Å². The Kier molecular flexibility index (Phi) is 4.62. The van der Waals surface area contributed by atoms with Crippen molar-refractivity contribution < 1.29 is 19.1 Å². The fraction of sp³-hybridized carbons (Fsp3) is 0.875. The summed E-state index contributed by atoms with van der Waals surface area (Å²) in [5.41, 5.74) is -0.286. The minimum atomic E-state index is -0.286. The van der Waals surface area contributed by atoms with E-state index in [2.05, 4.69) is 12.2 Å².